The van der Waals surface area contributed by atoms with Crippen LogP contribution in [0.2, 0.25) is 0 Å². The van der Waals surface area contributed by atoms with Crippen LogP contribution in [0.4, 0.5) is 0 Å². The molecule has 0 amide bonds. The summed E-state index contributed by atoms with van der Waals surface area (Å²) in [7, 11) is 0. The van der Waals surface area contributed by atoms with Crippen LogP contribution in [0.25, 0.3) is 0 Å². The molecule has 1 aromatic heterocycles. The van der Waals surface area contributed by atoms with Crippen LogP contribution in [0.5, 0.6) is 0 Å². The smallest absolute Gasteiger partial charge is 0.226 e. The average Bonchev–Trinajstić information content (AvgIpc) is 2.34. The van der Waals surface area contributed by atoms with E-state index in [1.54, 1.807) is 18.5 Å². The Kier molecular flexibility index (Phi) is 5.04. The van der Waals surface area contributed by atoms with Gasteiger partial charge >= 0.3 is 0 Å². The van der Waals surface area contributed by atoms with Gasteiger partial charge < -0.3 is 0 Å². The van der Waals surface area contributed by atoms with Crippen molar-refractivity contribution in [3.05, 3.63) is 18.5 Å². The summed E-state index contributed by atoms with van der Waals surface area (Å²) >= 11 is 22.3. The predicted octanol–water partition coefficient (Wildman–Crippen LogP) is 3.41. The fourth-order valence-electron chi connectivity index (χ4n) is 0.565. The molecule has 0 saturated heterocycles. The Labute approximate surface area is 96.1 Å². The van der Waals surface area contributed by atoms with Crippen LogP contribution in [-0.4, -0.2) is 13.6 Å². The lowest BCUT2D eigenvalue weighted by molar-refractivity contribution is 0.599. The van der Waals surface area contributed by atoms with Crippen LogP contribution < -0.4 is 0 Å². The molecule has 0 aromatic carbocycles. The van der Waals surface area contributed by atoms with Gasteiger partial charge in [0.15, 0.2) is 5.50 Å². The van der Waals surface area contributed by atoms with Crippen molar-refractivity contribution in [3.8, 4) is 0 Å². The fourth-order valence-corrected chi connectivity index (χ4v) is 0.980. The number of halogens is 5. The Morgan fingerprint density at radius 3 is 2.25 bits per heavy atom. The molecule has 0 radical (unpaired) electrons. The summed E-state index contributed by atoms with van der Waals surface area (Å²) in [6.07, 6.45) is 3.19. The summed E-state index contributed by atoms with van der Waals surface area (Å²) in [6.45, 7) is 0. The summed E-state index contributed by atoms with van der Waals surface area (Å²) in [5.41, 5.74) is -0.775. The van der Waals surface area contributed by atoms with E-state index in [-0.39, 0.29) is 12.4 Å². The van der Waals surface area contributed by atoms with Crippen molar-refractivity contribution in [1.29, 1.82) is 0 Å². The van der Waals surface area contributed by atoms with E-state index in [1.807, 2.05) is 0 Å². The SMILES string of the molecule is Cl.ClC(n1cccn1)C(Cl)(Cl)Cl. The molecule has 2 nitrogen and oxygen atoms in total. The van der Waals surface area contributed by atoms with Crippen LogP contribution in [0, 0.1) is 0 Å². The molecule has 0 aliphatic rings. The van der Waals surface area contributed by atoms with Crippen molar-refractivity contribution >= 4 is 58.8 Å². The van der Waals surface area contributed by atoms with Gasteiger partial charge in [-0.3, -0.25) is 4.68 Å². The second-order valence-corrected chi connectivity index (χ2v) is 4.65. The van der Waals surface area contributed by atoms with Crippen LogP contribution >= 0.6 is 58.8 Å². The van der Waals surface area contributed by atoms with E-state index >= 15 is 0 Å². The van der Waals surface area contributed by atoms with Gasteiger partial charge in [-0.2, -0.15) is 5.10 Å². The van der Waals surface area contributed by atoms with Crippen molar-refractivity contribution < 1.29 is 0 Å². The first-order chi connectivity index (χ1) is 5.02. The van der Waals surface area contributed by atoms with Gasteiger partial charge in [-0.1, -0.05) is 46.4 Å². The maximum atomic E-state index is 5.73. The Morgan fingerprint density at radius 2 is 1.92 bits per heavy atom. The summed E-state index contributed by atoms with van der Waals surface area (Å²) in [5.74, 6) is 0. The van der Waals surface area contributed by atoms with E-state index in [4.69, 9.17) is 46.4 Å². The predicted molar refractivity (Wildman–Crippen MR) is 54.7 cm³/mol. The molecule has 0 spiro atoms. The molecule has 0 aliphatic carbocycles. The van der Waals surface area contributed by atoms with Gasteiger partial charge in [0.05, 0.1) is 0 Å². The highest BCUT2D eigenvalue weighted by Gasteiger charge is 2.32. The highest BCUT2D eigenvalue weighted by Crippen LogP contribution is 2.40. The first kappa shape index (κ1) is 12.7. The first-order valence-corrected chi connectivity index (χ1v) is 4.29. The van der Waals surface area contributed by atoms with Crippen molar-refractivity contribution in [3.63, 3.8) is 0 Å². The first-order valence-electron chi connectivity index (χ1n) is 2.72. The van der Waals surface area contributed by atoms with Gasteiger partial charge in [0, 0.05) is 12.4 Å². The molecule has 0 bridgehead atoms. The molecule has 0 saturated carbocycles. The maximum absolute atomic E-state index is 5.73. The van der Waals surface area contributed by atoms with Crippen LogP contribution in [0.3, 0.4) is 0 Å². The van der Waals surface area contributed by atoms with Gasteiger partial charge in [0.1, 0.15) is 0 Å². The molecule has 1 heterocycles. The normalized spacial score (nSPS) is 13.7. The lowest BCUT2D eigenvalue weighted by Crippen LogP contribution is -2.18. The molecular weight excluding hydrogens is 265 g/mol. The number of alkyl halides is 4. The Morgan fingerprint density at radius 1 is 1.33 bits per heavy atom. The highest BCUT2D eigenvalue weighted by molar-refractivity contribution is 6.69. The van der Waals surface area contributed by atoms with Crippen molar-refractivity contribution in [1.82, 2.24) is 9.78 Å². The molecule has 1 atom stereocenters. The van der Waals surface area contributed by atoms with Crippen molar-refractivity contribution in [2.75, 3.05) is 0 Å². The van der Waals surface area contributed by atoms with E-state index < -0.39 is 9.29 Å². The number of rotatable bonds is 1. The number of aromatic nitrogens is 2. The molecule has 1 rings (SSSR count). The van der Waals surface area contributed by atoms with Gasteiger partial charge in [-0.25, -0.2) is 0 Å². The second kappa shape index (κ2) is 4.77. The second-order valence-electron chi connectivity index (χ2n) is 1.86. The third kappa shape index (κ3) is 3.19. The molecule has 0 N–H and O–H groups in total. The molecule has 1 aromatic rings. The largest absolute Gasteiger partial charge is 0.250 e. The van der Waals surface area contributed by atoms with E-state index in [1.165, 1.54) is 4.68 Å². The van der Waals surface area contributed by atoms with Crippen LogP contribution in [0.1, 0.15) is 5.50 Å². The molecule has 0 aliphatic heterocycles. The standard InChI is InChI=1S/C5H4Cl4N2.ClH/c6-4(5(7,8)9)11-3-1-2-10-11;/h1-4H;1H. The van der Waals surface area contributed by atoms with Crippen molar-refractivity contribution in [2.24, 2.45) is 0 Å². The molecule has 12 heavy (non-hydrogen) atoms. The zero-order valence-electron chi connectivity index (χ0n) is 5.62. The third-order valence-electron chi connectivity index (χ3n) is 1.03. The molecule has 7 heteroatoms. The van der Waals surface area contributed by atoms with E-state index in [0.29, 0.717) is 0 Å². The van der Waals surface area contributed by atoms with Gasteiger partial charge in [0.25, 0.3) is 0 Å². The van der Waals surface area contributed by atoms with E-state index in [2.05, 4.69) is 5.10 Å². The maximum Gasteiger partial charge on any atom is 0.226 e. The number of hydrogen-bond acceptors (Lipinski definition) is 1. The average molecular weight is 270 g/mol. The zero-order valence-corrected chi connectivity index (χ0v) is 9.46. The topological polar surface area (TPSA) is 17.8 Å². The molecular formula is C5H5Cl5N2. The number of nitrogens with zero attached hydrogens (tertiary/aromatic N) is 2. The number of hydrogen-bond donors (Lipinski definition) is 0. The lowest BCUT2D eigenvalue weighted by atomic mass is 10.7. The molecule has 70 valence electrons. The summed E-state index contributed by atoms with van der Waals surface area (Å²) in [5, 5.41) is 3.81. The van der Waals surface area contributed by atoms with Crippen LogP contribution in [0.15, 0.2) is 18.5 Å². The monoisotopic (exact) mass is 268 g/mol. The highest BCUT2D eigenvalue weighted by atomic mass is 35.6. The Bertz CT molecular complexity index is 216. The lowest BCUT2D eigenvalue weighted by Gasteiger charge is -2.17. The fraction of sp³-hybridized carbons (Fsp3) is 0.400. The minimum absolute atomic E-state index is 0. The minimum Gasteiger partial charge on any atom is -0.250 e. The molecule has 0 fully saturated rings. The zero-order chi connectivity index (χ0) is 8.48. The Hall–Kier alpha value is 0.660. The van der Waals surface area contributed by atoms with Gasteiger partial charge in [-0.15, -0.1) is 12.4 Å². The third-order valence-corrected chi connectivity index (χ3v) is 2.51. The van der Waals surface area contributed by atoms with E-state index in [9.17, 15) is 0 Å². The van der Waals surface area contributed by atoms with Gasteiger partial charge in [0.2, 0.25) is 3.79 Å². The molecule has 1 unspecified atom stereocenters. The quantitative estimate of drug-likeness (QED) is 0.715. The van der Waals surface area contributed by atoms with Crippen LogP contribution in [-0.2, 0) is 0 Å². The van der Waals surface area contributed by atoms with E-state index in [0.717, 1.165) is 0 Å². The summed E-state index contributed by atoms with van der Waals surface area (Å²) in [4.78, 5) is 0. The van der Waals surface area contributed by atoms with Crippen molar-refractivity contribution in [2.45, 2.75) is 9.29 Å². The summed E-state index contributed by atoms with van der Waals surface area (Å²) < 4.78 is -0.165. The minimum atomic E-state index is -1.53. The summed E-state index contributed by atoms with van der Waals surface area (Å²) in [6, 6.07) is 1.70. The van der Waals surface area contributed by atoms with Gasteiger partial charge in [-0.05, 0) is 6.07 Å². The Balaban J connectivity index is 0.00000121.